The molecule has 0 amide bonds. The van der Waals surface area contributed by atoms with Crippen molar-refractivity contribution in [3.63, 3.8) is 0 Å². The average molecular weight is 282 g/mol. The predicted octanol–water partition coefficient (Wildman–Crippen LogP) is 2.50. The van der Waals surface area contributed by atoms with E-state index in [2.05, 4.69) is 11.8 Å². The van der Waals surface area contributed by atoms with Crippen molar-refractivity contribution in [1.29, 1.82) is 0 Å². The summed E-state index contributed by atoms with van der Waals surface area (Å²) in [5, 5.41) is 9.19. The van der Waals surface area contributed by atoms with E-state index in [0.717, 1.165) is 0 Å². The Kier molecular flexibility index (Phi) is 4.34. The van der Waals surface area contributed by atoms with Crippen LogP contribution in [-0.4, -0.2) is 22.6 Å². The number of carboxylic acids is 1. The van der Waals surface area contributed by atoms with Gasteiger partial charge in [0.05, 0.1) is 5.92 Å². The Hall–Kier alpha value is -2.67. The zero-order valence-corrected chi connectivity index (χ0v) is 11.6. The molecule has 2 rings (SSSR count). The lowest BCUT2D eigenvalue weighted by atomic mass is 9.84. The van der Waals surface area contributed by atoms with Gasteiger partial charge >= 0.3 is 5.97 Å². The minimum Gasteiger partial charge on any atom is -0.481 e. The van der Waals surface area contributed by atoms with Crippen LogP contribution < -0.4 is 0 Å². The van der Waals surface area contributed by atoms with Crippen LogP contribution in [0.2, 0.25) is 0 Å². The van der Waals surface area contributed by atoms with Crippen LogP contribution in [0.25, 0.3) is 0 Å². The number of carboxylic acid groups (broad SMARTS) is 1. The second kappa shape index (κ2) is 6.19. The van der Waals surface area contributed by atoms with Gasteiger partial charge < -0.3 is 5.11 Å². The third-order valence-electron chi connectivity index (χ3n) is 3.37. The van der Waals surface area contributed by atoms with Crippen molar-refractivity contribution in [3.8, 4) is 11.8 Å². The SMILES string of the molecule is CC#CCC(CC1=CC(=O)c2ccccc2C1=O)C(=O)O. The molecule has 0 saturated heterocycles. The van der Waals surface area contributed by atoms with Crippen molar-refractivity contribution in [2.45, 2.75) is 19.8 Å². The van der Waals surface area contributed by atoms with Gasteiger partial charge in [0.2, 0.25) is 0 Å². The Morgan fingerprint density at radius 1 is 1.24 bits per heavy atom. The normalized spacial score (nSPS) is 14.6. The lowest BCUT2D eigenvalue weighted by molar-refractivity contribution is -0.141. The van der Waals surface area contributed by atoms with Gasteiger partial charge in [0.15, 0.2) is 11.6 Å². The van der Waals surface area contributed by atoms with Crippen LogP contribution in [-0.2, 0) is 4.79 Å². The zero-order chi connectivity index (χ0) is 15.4. The van der Waals surface area contributed by atoms with Crippen molar-refractivity contribution >= 4 is 17.5 Å². The molecule has 0 radical (unpaired) electrons. The van der Waals surface area contributed by atoms with Gasteiger partial charge in [-0.05, 0) is 19.4 Å². The van der Waals surface area contributed by atoms with Crippen LogP contribution in [0.15, 0.2) is 35.9 Å². The number of allylic oxidation sites excluding steroid dienone is 2. The standard InChI is InChI=1S/C17H14O4/c1-2-3-6-11(17(20)21)9-12-10-15(18)13-7-4-5-8-14(13)16(12)19/h4-5,7-8,10-11H,6,9H2,1H3,(H,20,21). The Bertz CT molecular complexity index is 701. The number of hydrogen-bond acceptors (Lipinski definition) is 3. The maximum atomic E-state index is 12.3. The largest absolute Gasteiger partial charge is 0.481 e. The lowest BCUT2D eigenvalue weighted by Gasteiger charge is -2.17. The molecule has 0 aliphatic heterocycles. The second-order valence-electron chi connectivity index (χ2n) is 4.78. The quantitative estimate of drug-likeness (QED) is 0.861. The Labute approximate surface area is 122 Å². The monoisotopic (exact) mass is 282 g/mol. The second-order valence-corrected chi connectivity index (χ2v) is 4.78. The summed E-state index contributed by atoms with van der Waals surface area (Å²) in [4.78, 5) is 35.6. The fourth-order valence-electron chi connectivity index (χ4n) is 2.26. The van der Waals surface area contributed by atoms with E-state index in [4.69, 9.17) is 0 Å². The van der Waals surface area contributed by atoms with Crippen LogP contribution in [0.4, 0.5) is 0 Å². The molecule has 4 nitrogen and oxygen atoms in total. The molecule has 1 N–H and O–H groups in total. The van der Waals surface area contributed by atoms with Crippen LogP contribution in [0.1, 0.15) is 40.5 Å². The van der Waals surface area contributed by atoms with E-state index >= 15 is 0 Å². The first-order chi connectivity index (χ1) is 10.0. The van der Waals surface area contributed by atoms with Gasteiger partial charge in [-0.1, -0.05) is 24.3 Å². The molecule has 1 aromatic carbocycles. The van der Waals surface area contributed by atoms with E-state index in [9.17, 15) is 19.5 Å². The first-order valence-corrected chi connectivity index (χ1v) is 6.55. The molecule has 0 spiro atoms. The van der Waals surface area contributed by atoms with Crippen LogP contribution in [0.3, 0.4) is 0 Å². The molecule has 1 aliphatic rings. The minimum absolute atomic E-state index is 0.0168. The van der Waals surface area contributed by atoms with Crippen LogP contribution in [0.5, 0.6) is 0 Å². The molecule has 21 heavy (non-hydrogen) atoms. The van der Waals surface area contributed by atoms with Crippen molar-refractivity contribution < 1.29 is 19.5 Å². The first kappa shape index (κ1) is 14.7. The van der Waals surface area contributed by atoms with Gasteiger partial charge in [-0.3, -0.25) is 14.4 Å². The average Bonchev–Trinajstić information content (AvgIpc) is 2.48. The molecule has 1 unspecified atom stereocenters. The summed E-state index contributed by atoms with van der Waals surface area (Å²) in [6.07, 6.45) is 1.43. The van der Waals surface area contributed by atoms with Crippen molar-refractivity contribution in [2.24, 2.45) is 5.92 Å². The molecule has 0 aromatic heterocycles. The van der Waals surface area contributed by atoms with Crippen molar-refractivity contribution in [3.05, 3.63) is 47.0 Å². The number of Topliss-reactive ketones (excluding diaryl/α,β-unsaturated/α-hetero) is 1. The highest BCUT2D eigenvalue weighted by atomic mass is 16.4. The summed E-state index contributed by atoms with van der Waals surface area (Å²) in [7, 11) is 0. The van der Waals surface area contributed by atoms with Crippen LogP contribution >= 0.6 is 0 Å². The number of ketones is 2. The number of benzene rings is 1. The predicted molar refractivity (Wildman–Crippen MR) is 77.0 cm³/mol. The van der Waals surface area contributed by atoms with Crippen molar-refractivity contribution in [1.82, 2.24) is 0 Å². The topological polar surface area (TPSA) is 71.4 Å². The molecule has 0 heterocycles. The highest BCUT2D eigenvalue weighted by Crippen LogP contribution is 2.26. The summed E-state index contributed by atoms with van der Waals surface area (Å²) in [6.45, 7) is 1.63. The summed E-state index contributed by atoms with van der Waals surface area (Å²) in [5.74, 6) is 3.01. The summed E-state index contributed by atoms with van der Waals surface area (Å²) >= 11 is 0. The highest BCUT2D eigenvalue weighted by molar-refractivity contribution is 6.24. The molecule has 0 saturated carbocycles. The fourth-order valence-corrected chi connectivity index (χ4v) is 2.26. The molecule has 1 atom stereocenters. The molecule has 1 aromatic rings. The van der Waals surface area contributed by atoms with Gasteiger partial charge in [-0.2, -0.15) is 0 Å². The zero-order valence-electron chi connectivity index (χ0n) is 11.6. The number of carbonyl (C=O) groups is 3. The molecule has 4 heteroatoms. The lowest BCUT2D eigenvalue weighted by Crippen LogP contribution is -2.21. The smallest absolute Gasteiger partial charge is 0.307 e. The number of hydrogen-bond donors (Lipinski definition) is 1. The first-order valence-electron chi connectivity index (χ1n) is 6.55. The maximum absolute atomic E-state index is 12.3. The highest BCUT2D eigenvalue weighted by Gasteiger charge is 2.28. The number of rotatable bonds is 4. The van der Waals surface area contributed by atoms with Crippen molar-refractivity contribution in [2.75, 3.05) is 0 Å². The van der Waals surface area contributed by atoms with E-state index in [1.54, 1.807) is 31.2 Å². The molecule has 1 aliphatic carbocycles. The molecular formula is C17H14O4. The Balaban J connectivity index is 2.28. The number of aliphatic carboxylic acids is 1. The van der Waals surface area contributed by atoms with Gasteiger partial charge in [-0.25, -0.2) is 0 Å². The minimum atomic E-state index is -1.02. The molecule has 0 bridgehead atoms. The third-order valence-corrected chi connectivity index (χ3v) is 3.37. The summed E-state index contributed by atoms with van der Waals surface area (Å²) in [5.41, 5.74) is 0.946. The van der Waals surface area contributed by atoms with Gasteiger partial charge in [0.1, 0.15) is 0 Å². The van der Waals surface area contributed by atoms with E-state index in [1.165, 1.54) is 6.08 Å². The van der Waals surface area contributed by atoms with E-state index in [0.29, 0.717) is 11.1 Å². The van der Waals surface area contributed by atoms with Gasteiger partial charge in [-0.15, -0.1) is 11.8 Å². The maximum Gasteiger partial charge on any atom is 0.307 e. The summed E-state index contributed by atoms with van der Waals surface area (Å²) < 4.78 is 0. The Morgan fingerprint density at radius 3 is 2.52 bits per heavy atom. The third kappa shape index (κ3) is 3.09. The Morgan fingerprint density at radius 2 is 1.90 bits per heavy atom. The fraction of sp³-hybridized carbons (Fsp3) is 0.235. The summed E-state index contributed by atoms with van der Waals surface area (Å²) in [6, 6.07) is 6.56. The van der Waals surface area contributed by atoms with E-state index in [-0.39, 0.29) is 30.0 Å². The molecule has 0 fully saturated rings. The number of carbonyl (C=O) groups excluding carboxylic acids is 2. The number of fused-ring (bicyclic) bond motifs is 1. The van der Waals surface area contributed by atoms with E-state index in [1.807, 2.05) is 0 Å². The molecule has 106 valence electrons. The van der Waals surface area contributed by atoms with Gasteiger partial charge in [0, 0.05) is 23.1 Å². The molecular weight excluding hydrogens is 268 g/mol. The van der Waals surface area contributed by atoms with Gasteiger partial charge in [0.25, 0.3) is 0 Å². The van der Waals surface area contributed by atoms with E-state index < -0.39 is 11.9 Å². The van der Waals surface area contributed by atoms with Crippen LogP contribution in [0, 0.1) is 17.8 Å².